The third kappa shape index (κ3) is 10.4. The molecule has 0 aromatic heterocycles. The summed E-state index contributed by atoms with van der Waals surface area (Å²) in [6.07, 6.45) is 0. The van der Waals surface area contributed by atoms with Gasteiger partial charge in [-0.3, -0.25) is 0 Å². The predicted octanol–water partition coefficient (Wildman–Crippen LogP) is 20.3. The summed E-state index contributed by atoms with van der Waals surface area (Å²) in [4.78, 5) is 0. The van der Waals surface area contributed by atoms with Gasteiger partial charge in [0, 0.05) is 4.47 Å². The van der Waals surface area contributed by atoms with Gasteiger partial charge in [0.1, 0.15) is 0 Å². The van der Waals surface area contributed by atoms with Gasteiger partial charge in [-0.1, -0.05) is 231 Å². The molecule has 10 heteroatoms. The summed E-state index contributed by atoms with van der Waals surface area (Å²) in [5, 5.41) is 14.8. The largest absolute Gasteiger partial charge is 0.496 e. The SMILES string of the molecule is Brc1c2ccccc2c(-c2ccc(-c3ccccc3)c3ccccc23)c2ccccc12.CC1(C)OB(B2OC(C)(C)C(C)(C)O2)OC1(C)C.CC1(C)OB(c2c3ccccc3c(-c3ccc(-c4ccccc4)c4ccccc34)c3ccccc23)OC1(C)C. The first kappa shape index (κ1) is 59.6. The van der Waals surface area contributed by atoms with Crippen LogP contribution in [0.4, 0.5) is 0 Å². The highest BCUT2D eigenvalue weighted by Gasteiger charge is 2.64. The Balaban J connectivity index is 0.000000130. The molecule has 0 amide bonds. The van der Waals surface area contributed by atoms with Crippen LogP contribution in [0, 0.1) is 0 Å². The van der Waals surface area contributed by atoms with E-state index in [2.05, 4.69) is 274 Å². The Morgan fingerprint density at radius 3 is 0.784 bits per heavy atom. The van der Waals surface area contributed by atoms with Crippen molar-refractivity contribution in [2.75, 3.05) is 0 Å². The van der Waals surface area contributed by atoms with Gasteiger partial charge >= 0.3 is 21.1 Å². The van der Waals surface area contributed by atoms with Crippen LogP contribution in [0.2, 0.25) is 0 Å². The average molecular weight is 1220 g/mol. The van der Waals surface area contributed by atoms with Crippen LogP contribution in [0.15, 0.2) is 235 Å². The number of hydrogen-bond acceptors (Lipinski definition) is 6. The normalized spacial score (nSPS) is 17.8. The van der Waals surface area contributed by atoms with Crippen LogP contribution < -0.4 is 5.46 Å². The Labute approximate surface area is 528 Å². The quantitative estimate of drug-likeness (QED) is 0.122. The van der Waals surface area contributed by atoms with Gasteiger partial charge in [-0.05, 0) is 214 Å². The Kier molecular flexibility index (Phi) is 15.3. The van der Waals surface area contributed by atoms with Crippen LogP contribution in [-0.2, 0) is 27.9 Å². The van der Waals surface area contributed by atoms with E-state index < -0.39 is 32.3 Å². The first-order valence-corrected chi connectivity index (χ1v) is 31.6. The maximum absolute atomic E-state index is 6.62. The van der Waals surface area contributed by atoms with Gasteiger partial charge in [0.15, 0.2) is 0 Å². The van der Waals surface area contributed by atoms with Gasteiger partial charge in [-0.2, -0.15) is 0 Å². The molecule has 12 aromatic carbocycles. The monoisotopic (exact) mass is 1220 g/mol. The van der Waals surface area contributed by atoms with Gasteiger partial charge in [0.05, 0.1) is 33.6 Å². The zero-order chi connectivity index (χ0) is 61.5. The van der Waals surface area contributed by atoms with Gasteiger partial charge < -0.3 is 27.9 Å². The maximum atomic E-state index is 6.62. The Morgan fingerprint density at radius 2 is 0.466 bits per heavy atom. The van der Waals surface area contributed by atoms with Crippen molar-refractivity contribution in [3.63, 3.8) is 0 Å². The van der Waals surface area contributed by atoms with E-state index in [1.807, 2.05) is 55.4 Å². The highest BCUT2D eigenvalue weighted by molar-refractivity contribution is 9.10. The zero-order valence-electron chi connectivity index (χ0n) is 52.5. The third-order valence-corrected chi connectivity index (χ3v) is 20.5. The second kappa shape index (κ2) is 22.6. The molecule has 15 rings (SSSR count). The summed E-state index contributed by atoms with van der Waals surface area (Å²) < 4.78 is 38.3. The molecule has 0 saturated carbocycles. The fourth-order valence-electron chi connectivity index (χ4n) is 12.8. The van der Waals surface area contributed by atoms with Crippen molar-refractivity contribution in [1.82, 2.24) is 0 Å². The number of fused-ring (bicyclic) bond motifs is 6. The van der Waals surface area contributed by atoms with Gasteiger partial charge in [-0.25, -0.2) is 0 Å². The minimum Gasteiger partial charge on any atom is -0.405 e. The molecule has 0 aliphatic carbocycles. The smallest absolute Gasteiger partial charge is 0.405 e. The molecule has 0 N–H and O–H groups in total. The zero-order valence-corrected chi connectivity index (χ0v) is 54.1. The standard InChI is InChI=1S/C36H31BO2.C30H19Br.C12H24B2O4/c1-35(2)36(3,4)39-37(38-35)34-31-20-12-10-18-28(31)33(29-19-11-13-21-32(29)34)30-23-22-25(24-14-6-5-7-15-24)26-16-8-9-17-27(26)30;31-30-27-16-8-6-14-24(27)29(25-15-7-9-17-28(25)30)26-19-18-21(20-10-2-1-3-11-20)22-12-4-5-13-23(22)26;1-9(2)10(3,4)16-13(15-9)14-17-11(5,6)12(7,8)18-14/h5-23H,1-4H3;1-19H;1-8H3. The minimum atomic E-state index is -0.476. The first-order valence-electron chi connectivity index (χ1n) is 30.8. The molecule has 0 radical (unpaired) electrons. The molecule has 0 atom stereocenters. The fraction of sp³-hybridized carbons (Fsp3) is 0.231. The Bertz CT molecular complexity index is 4440. The lowest BCUT2D eigenvalue weighted by Gasteiger charge is -2.32. The van der Waals surface area contributed by atoms with Crippen molar-refractivity contribution in [1.29, 1.82) is 0 Å². The lowest BCUT2D eigenvalue weighted by atomic mass is 9.49. The van der Waals surface area contributed by atoms with Crippen molar-refractivity contribution in [3.8, 4) is 44.5 Å². The average Bonchev–Trinajstić information content (AvgIpc) is 1.18. The van der Waals surface area contributed by atoms with E-state index in [9.17, 15) is 0 Å². The van der Waals surface area contributed by atoms with E-state index in [1.54, 1.807) is 0 Å². The van der Waals surface area contributed by atoms with Gasteiger partial charge in [-0.15, -0.1) is 0 Å². The molecule has 438 valence electrons. The summed E-state index contributed by atoms with van der Waals surface area (Å²) in [6.45, 7) is 24.7. The number of hydrogen-bond donors (Lipinski definition) is 0. The molecule has 3 saturated heterocycles. The molecule has 0 bridgehead atoms. The van der Waals surface area contributed by atoms with E-state index in [-0.39, 0.29) is 22.4 Å². The summed E-state index contributed by atoms with van der Waals surface area (Å²) >= 11 is 3.88. The lowest BCUT2D eigenvalue weighted by molar-refractivity contribution is 0.00578. The Hall–Kier alpha value is -7.37. The fourth-order valence-corrected chi connectivity index (χ4v) is 13.5. The minimum absolute atomic E-state index is 0.360. The Morgan fingerprint density at radius 1 is 0.239 bits per heavy atom. The van der Waals surface area contributed by atoms with Crippen molar-refractivity contribution >= 4 is 107 Å². The van der Waals surface area contributed by atoms with Gasteiger partial charge in [0.2, 0.25) is 0 Å². The molecule has 0 spiro atoms. The molecule has 3 fully saturated rings. The first-order chi connectivity index (χ1) is 42.1. The summed E-state index contributed by atoms with van der Waals surface area (Å²) in [5.74, 6) is 0. The second-order valence-corrected chi connectivity index (χ2v) is 27.4. The lowest BCUT2D eigenvalue weighted by Crippen LogP contribution is -2.41. The number of benzene rings is 12. The predicted molar refractivity (Wildman–Crippen MR) is 375 cm³/mol. The van der Waals surface area contributed by atoms with Crippen LogP contribution >= 0.6 is 15.9 Å². The number of rotatable bonds is 6. The highest BCUT2D eigenvalue weighted by atomic mass is 79.9. The van der Waals surface area contributed by atoms with Crippen LogP contribution in [0.5, 0.6) is 0 Å². The molecule has 6 nitrogen and oxygen atoms in total. The molecular weight excluding hydrogens is 1150 g/mol. The number of halogens is 1. The summed E-state index contributed by atoms with van der Waals surface area (Å²) in [6, 6.07) is 82.8. The molecule has 88 heavy (non-hydrogen) atoms. The van der Waals surface area contributed by atoms with Crippen molar-refractivity contribution in [2.24, 2.45) is 0 Å². The van der Waals surface area contributed by atoms with Gasteiger partial charge in [0.25, 0.3) is 0 Å². The summed E-state index contributed by atoms with van der Waals surface area (Å²) in [7, 11) is -1.40. The van der Waals surface area contributed by atoms with E-state index >= 15 is 0 Å². The third-order valence-electron chi connectivity index (χ3n) is 19.6. The van der Waals surface area contributed by atoms with Crippen LogP contribution in [0.3, 0.4) is 0 Å². The molecule has 12 aromatic rings. The van der Waals surface area contributed by atoms with Crippen molar-refractivity contribution < 1.29 is 27.9 Å². The van der Waals surface area contributed by atoms with Crippen LogP contribution in [-0.4, -0.2) is 54.7 Å². The second-order valence-electron chi connectivity index (χ2n) is 26.6. The maximum Gasteiger partial charge on any atom is 0.496 e. The molecule has 3 aliphatic heterocycles. The molecule has 3 aliphatic rings. The molecule has 0 unspecified atom stereocenters. The summed E-state index contributed by atoms with van der Waals surface area (Å²) in [5.41, 5.74) is 8.88. The van der Waals surface area contributed by atoms with Crippen LogP contribution in [0.1, 0.15) is 83.1 Å². The van der Waals surface area contributed by atoms with Crippen LogP contribution in [0.25, 0.3) is 109 Å². The highest BCUT2D eigenvalue weighted by Crippen LogP contribution is 2.48. The topological polar surface area (TPSA) is 55.4 Å². The molecule has 3 heterocycles. The molecular formula is C78H74B3BrO6. The van der Waals surface area contributed by atoms with E-state index in [0.29, 0.717) is 0 Å². The van der Waals surface area contributed by atoms with E-state index in [0.717, 1.165) is 9.94 Å². The van der Waals surface area contributed by atoms with Crippen molar-refractivity contribution in [3.05, 3.63) is 235 Å². The van der Waals surface area contributed by atoms with Crippen molar-refractivity contribution in [2.45, 2.75) is 117 Å². The van der Waals surface area contributed by atoms with E-state index in [1.165, 1.54) is 109 Å². The van der Waals surface area contributed by atoms with E-state index in [4.69, 9.17) is 27.9 Å².